The van der Waals surface area contributed by atoms with Gasteiger partial charge in [0.25, 0.3) is 5.89 Å². The summed E-state index contributed by atoms with van der Waals surface area (Å²) >= 11 is 13.2. The van der Waals surface area contributed by atoms with Crippen LogP contribution in [0.3, 0.4) is 0 Å². The van der Waals surface area contributed by atoms with Gasteiger partial charge < -0.3 is 9.84 Å². The molecule has 1 saturated carbocycles. The summed E-state index contributed by atoms with van der Waals surface area (Å²) in [5.74, 6) is -1.66. The Hall–Kier alpha value is -3.34. The van der Waals surface area contributed by atoms with Crippen molar-refractivity contribution in [3.05, 3.63) is 98.8 Å². The first-order chi connectivity index (χ1) is 18.6. The van der Waals surface area contributed by atoms with Crippen LogP contribution in [0.1, 0.15) is 47.5 Å². The molecular formula is C27H21Cl2F2N3O4S. The highest BCUT2D eigenvalue weighted by Crippen LogP contribution is 2.57. The first-order valence-corrected chi connectivity index (χ1v) is 13.9. The van der Waals surface area contributed by atoms with E-state index in [4.69, 9.17) is 27.7 Å². The van der Waals surface area contributed by atoms with E-state index in [1.165, 1.54) is 6.07 Å². The molecule has 1 unspecified atom stereocenters. The van der Waals surface area contributed by atoms with Crippen molar-refractivity contribution in [1.29, 1.82) is 0 Å². The molecule has 5 rings (SSSR count). The molecule has 0 saturated heterocycles. The topological polar surface area (TPSA) is 102 Å². The molecule has 1 N–H and O–H groups in total. The molecule has 1 fully saturated rings. The summed E-state index contributed by atoms with van der Waals surface area (Å²) in [5.41, 5.74) is 1.56. The molecule has 0 aliphatic heterocycles. The molecule has 202 valence electrons. The maximum atomic E-state index is 14.2. The molecule has 1 aliphatic carbocycles. The summed E-state index contributed by atoms with van der Waals surface area (Å²) in [6, 6.07) is 13.0. The monoisotopic (exact) mass is 591 g/mol. The van der Waals surface area contributed by atoms with Crippen LogP contribution in [-0.2, 0) is 27.3 Å². The molecule has 0 spiro atoms. The summed E-state index contributed by atoms with van der Waals surface area (Å²) in [7, 11) is -2.58. The van der Waals surface area contributed by atoms with Crippen molar-refractivity contribution in [3.63, 3.8) is 0 Å². The molecule has 1 aliphatic rings. The van der Waals surface area contributed by atoms with E-state index in [2.05, 4.69) is 15.5 Å². The van der Waals surface area contributed by atoms with Gasteiger partial charge in [0, 0.05) is 27.4 Å². The van der Waals surface area contributed by atoms with Gasteiger partial charge in [-0.3, -0.25) is 4.79 Å². The van der Waals surface area contributed by atoms with Crippen LogP contribution in [0.5, 0.6) is 0 Å². The van der Waals surface area contributed by atoms with Gasteiger partial charge in [0.05, 0.1) is 22.6 Å². The van der Waals surface area contributed by atoms with E-state index in [1.807, 2.05) is 0 Å². The molecule has 39 heavy (non-hydrogen) atoms. The number of thiol groups is 1. The normalized spacial score (nSPS) is 14.8. The van der Waals surface area contributed by atoms with E-state index in [0.717, 1.165) is 12.1 Å². The summed E-state index contributed by atoms with van der Waals surface area (Å²) < 4.78 is 55.1. The zero-order valence-electron chi connectivity index (χ0n) is 20.4. The summed E-state index contributed by atoms with van der Waals surface area (Å²) in [5, 5.41) is 6.78. The van der Waals surface area contributed by atoms with Gasteiger partial charge in [0.15, 0.2) is 5.82 Å². The van der Waals surface area contributed by atoms with E-state index in [0.29, 0.717) is 45.3 Å². The van der Waals surface area contributed by atoms with Crippen LogP contribution < -0.4 is 5.32 Å². The minimum atomic E-state index is -2.58. The lowest BCUT2D eigenvalue weighted by molar-refractivity contribution is -0.115. The lowest BCUT2D eigenvalue weighted by Gasteiger charge is -2.17. The Bertz CT molecular complexity index is 1620. The zero-order chi connectivity index (χ0) is 27.9. The number of hydrogen-bond donors (Lipinski definition) is 2. The third-order valence-electron chi connectivity index (χ3n) is 6.71. The number of anilines is 1. The quantitative estimate of drug-likeness (QED) is 0.235. The van der Waals surface area contributed by atoms with Gasteiger partial charge >= 0.3 is 0 Å². The summed E-state index contributed by atoms with van der Waals surface area (Å²) in [4.78, 5) is 17.0. The summed E-state index contributed by atoms with van der Waals surface area (Å²) in [6.45, 7) is 1.60. The molecule has 1 aromatic heterocycles. The number of benzene rings is 3. The van der Waals surface area contributed by atoms with Crippen LogP contribution in [0.15, 0.2) is 59.1 Å². The van der Waals surface area contributed by atoms with Crippen LogP contribution in [0, 0.1) is 11.6 Å². The Kier molecular flexibility index (Phi) is 7.45. The van der Waals surface area contributed by atoms with E-state index in [1.54, 1.807) is 43.3 Å². The fourth-order valence-corrected chi connectivity index (χ4v) is 5.69. The SMILES string of the molecule is CC(c1ccc(CC(=O)Nc2cc(Cl)c(C3(c4noc(-c5ccc(F)cc5F)n4)CC3)c(Cl)c2)cc1)[SH](=O)=O. The Balaban J connectivity index is 1.32. The highest BCUT2D eigenvalue weighted by molar-refractivity contribution is 7.72. The van der Waals surface area contributed by atoms with Gasteiger partial charge in [-0.25, -0.2) is 17.2 Å². The molecule has 1 atom stereocenters. The molecule has 12 heteroatoms. The van der Waals surface area contributed by atoms with Crippen molar-refractivity contribution in [1.82, 2.24) is 10.1 Å². The predicted molar refractivity (Wildman–Crippen MR) is 144 cm³/mol. The number of halogens is 4. The molecule has 1 amide bonds. The number of aromatic nitrogens is 2. The first kappa shape index (κ1) is 27.2. The number of carbonyl (C=O) groups excluding carboxylic acids is 1. The predicted octanol–water partition coefficient (Wildman–Crippen LogP) is 6.26. The highest BCUT2D eigenvalue weighted by atomic mass is 35.5. The highest BCUT2D eigenvalue weighted by Gasteiger charge is 2.52. The second kappa shape index (κ2) is 10.7. The molecule has 7 nitrogen and oxygen atoms in total. The molecule has 0 radical (unpaired) electrons. The lowest BCUT2D eigenvalue weighted by atomic mass is 9.94. The van der Waals surface area contributed by atoms with Crippen molar-refractivity contribution in [2.75, 3.05) is 5.32 Å². The fraction of sp³-hybridized carbons (Fsp3) is 0.222. The second-order valence-electron chi connectivity index (χ2n) is 9.37. The van der Waals surface area contributed by atoms with Crippen molar-refractivity contribution >= 4 is 45.5 Å². The van der Waals surface area contributed by atoms with Crippen LogP contribution in [-0.4, -0.2) is 24.5 Å². The molecule has 1 heterocycles. The number of carbonyl (C=O) groups is 1. The van der Waals surface area contributed by atoms with E-state index < -0.39 is 33.0 Å². The number of hydrogen-bond acceptors (Lipinski definition) is 6. The van der Waals surface area contributed by atoms with Gasteiger partial charge in [-0.05, 0) is 55.2 Å². The third kappa shape index (κ3) is 5.54. The average molecular weight is 592 g/mol. The largest absolute Gasteiger partial charge is 0.334 e. The number of nitrogens with one attached hydrogen (secondary N) is 1. The fourth-order valence-electron chi connectivity index (χ4n) is 4.43. The molecule has 0 bridgehead atoms. The Labute approximate surface area is 234 Å². The maximum absolute atomic E-state index is 14.2. The lowest BCUT2D eigenvalue weighted by Crippen LogP contribution is -2.16. The van der Waals surface area contributed by atoms with Crippen molar-refractivity contribution in [3.8, 4) is 11.5 Å². The third-order valence-corrected chi connectivity index (χ3v) is 8.24. The zero-order valence-corrected chi connectivity index (χ0v) is 22.8. The number of nitrogens with zero attached hydrogens (tertiary/aromatic N) is 2. The van der Waals surface area contributed by atoms with Crippen molar-refractivity contribution < 1.29 is 26.5 Å². The van der Waals surface area contributed by atoms with Gasteiger partial charge in [-0.1, -0.05) is 52.6 Å². The number of rotatable bonds is 8. The maximum Gasteiger partial charge on any atom is 0.260 e. The summed E-state index contributed by atoms with van der Waals surface area (Å²) in [6.07, 6.45) is 1.31. The van der Waals surface area contributed by atoms with Crippen molar-refractivity contribution in [2.24, 2.45) is 0 Å². The van der Waals surface area contributed by atoms with Gasteiger partial charge in [0.2, 0.25) is 5.91 Å². The van der Waals surface area contributed by atoms with Crippen LogP contribution in [0.4, 0.5) is 14.5 Å². The number of amides is 1. The van der Waals surface area contributed by atoms with Gasteiger partial charge in [-0.2, -0.15) is 4.98 Å². The molecule has 4 aromatic rings. The van der Waals surface area contributed by atoms with Crippen LogP contribution in [0.25, 0.3) is 11.5 Å². The Morgan fingerprint density at radius 1 is 1.08 bits per heavy atom. The minimum Gasteiger partial charge on any atom is -0.334 e. The average Bonchev–Trinajstić information content (AvgIpc) is 3.50. The van der Waals surface area contributed by atoms with E-state index in [9.17, 15) is 22.0 Å². The van der Waals surface area contributed by atoms with Gasteiger partial charge in [0.1, 0.15) is 22.3 Å². The smallest absolute Gasteiger partial charge is 0.260 e. The Morgan fingerprint density at radius 3 is 2.33 bits per heavy atom. The van der Waals surface area contributed by atoms with Gasteiger partial charge in [-0.15, -0.1) is 0 Å². The molecule has 3 aromatic carbocycles. The van der Waals surface area contributed by atoms with Crippen LogP contribution in [0.2, 0.25) is 10.0 Å². The van der Waals surface area contributed by atoms with Crippen LogP contribution >= 0.6 is 23.2 Å². The standard InChI is InChI=1S/C27H21Cl2F2N3O4S/c1-14(39(36)37)16-4-2-15(3-5-16)10-23(35)32-18-12-20(28)24(21(29)13-18)27(8-9-27)26-33-25(38-34-26)19-7-6-17(30)11-22(19)31/h2-7,11-14,39H,8-10H2,1H3,(H,32,35). The second-order valence-corrected chi connectivity index (χ2v) is 11.5. The Morgan fingerprint density at radius 2 is 1.74 bits per heavy atom. The molecular weight excluding hydrogens is 571 g/mol. The van der Waals surface area contributed by atoms with E-state index >= 15 is 0 Å². The first-order valence-electron chi connectivity index (χ1n) is 11.9. The van der Waals surface area contributed by atoms with E-state index in [-0.39, 0.29) is 29.6 Å². The van der Waals surface area contributed by atoms with Crippen molar-refractivity contribution in [2.45, 2.75) is 36.9 Å². The minimum absolute atomic E-state index is 0.0220.